The van der Waals surface area contributed by atoms with Gasteiger partial charge in [0.15, 0.2) is 0 Å². The summed E-state index contributed by atoms with van der Waals surface area (Å²) in [6.07, 6.45) is -0.200. The smallest absolute Gasteiger partial charge is 0.315 e. The van der Waals surface area contributed by atoms with Crippen molar-refractivity contribution in [1.29, 1.82) is 0 Å². The van der Waals surface area contributed by atoms with Crippen molar-refractivity contribution < 1.29 is 9.90 Å². The molecular formula is C15H17ClN2O2S. The second kappa shape index (κ2) is 8.02. The van der Waals surface area contributed by atoms with Crippen molar-refractivity contribution in [2.45, 2.75) is 19.1 Å². The van der Waals surface area contributed by atoms with Crippen molar-refractivity contribution >= 4 is 29.0 Å². The topological polar surface area (TPSA) is 61.4 Å². The largest absolute Gasteiger partial charge is 0.388 e. The Bertz CT molecular complexity index is 575. The number of nitrogens with one attached hydrogen (secondary N) is 2. The van der Waals surface area contributed by atoms with E-state index in [0.29, 0.717) is 24.5 Å². The average molecular weight is 325 g/mol. The molecule has 0 aliphatic heterocycles. The number of halogens is 1. The molecule has 112 valence electrons. The summed E-state index contributed by atoms with van der Waals surface area (Å²) in [4.78, 5) is 12.7. The summed E-state index contributed by atoms with van der Waals surface area (Å²) >= 11 is 7.47. The molecule has 1 aromatic heterocycles. The van der Waals surface area contributed by atoms with Crippen LogP contribution in [0.2, 0.25) is 5.02 Å². The first kappa shape index (κ1) is 15.8. The third-order valence-corrected chi connectivity index (χ3v) is 4.05. The molecule has 0 fully saturated rings. The fourth-order valence-electron chi connectivity index (χ4n) is 1.85. The van der Waals surface area contributed by atoms with E-state index in [9.17, 15) is 9.90 Å². The summed E-state index contributed by atoms with van der Waals surface area (Å²) in [6.45, 7) is 0.907. The number of aliphatic hydroxyl groups is 1. The second-order valence-electron chi connectivity index (χ2n) is 4.55. The van der Waals surface area contributed by atoms with Crippen LogP contribution in [-0.2, 0) is 6.54 Å². The molecule has 2 rings (SSSR count). The Morgan fingerprint density at radius 2 is 2.14 bits per heavy atom. The number of benzene rings is 1. The molecule has 6 heteroatoms. The number of aliphatic hydroxyl groups excluding tert-OH is 1. The van der Waals surface area contributed by atoms with Gasteiger partial charge in [0, 0.05) is 16.4 Å². The number of urea groups is 1. The predicted molar refractivity (Wildman–Crippen MR) is 85.6 cm³/mol. The van der Waals surface area contributed by atoms with Crippen LogP contribution < -0.4 is 10.6 Å². The summed E-state index contributed by atoms with van der Waals surface area (Å²) in [7, 11) is 0. The minimum atomic E-state index is -0.638. The number of carbonyl (C=O) groups is 1. The molecule has 2 amide bonds. The molecule has 0 radical (unpaired) electrons. The molecule has 3 N–H and O–H groups in total. The van der Waals surface area contributed by atoms with Gasteiger partial charge in [-0.05, 0) is 35.6 Å². The Labute approximate surface area is 132 Å². The molecular weight excluding hydrogens is 308 g/mol. The van der Waals surface area contributed by atoms with Crippen molar-refractivity contribution in [2.24, 2.45) is 0 Å². The van der Waals surface area contributed by atoms with Crippen LogP contribution in [0.15, 0.2) is 41.8 Å². The maximum atomic E-state index is 11.6. The SMILES string of the molecule is O=C(NCCC(O)c1cccc(Cl)c1)NCc1cccs1. The normalized spacial score (nSPS) is 11.9. The van der Waals surface area contributed by atoms with E-state index in [1.165, 1.54) is 0 Å². The summed E-state index contributed by atoms with van der Waals surface area (Å²) in [5, 5.41) is 18.1. The Morgan fingerprint density at radius 3 is 2.86 bits per heavy atom. The first-order valence-corrected chi connectivity index (χ1v) is 7.88. The lowest BCUT2D eigenvalue weighted by Gasteiger charge is -2.12. The van der Waals surface area contributed by atoms with E-state index in [2.05, 4.69) is 10.6 Å². The third-order valence-electron chi connectivity index (χ3n) is 2.94. The van der Waals surface area contributed by atoms with E-state index in [0.717, 1.165) is 10.4 Å². The van der Waals surface area contributed by atoms with Gasteiger partial charge in [0.2, 0.25) is 0 Å². The van der Waals surface area contributed by atoms with Gasteiger partial charge < -0.3 is 15.7 Å². The third kappa shape index (κ3) is 5.38. The van der Waals surface area contributed by atoms with Crippen molar-refractivity contribution in [3.8, 4) is 0 Å². The van der Waals surface area contributed by atoms with Gasteiger partial charge in [-0.1, -0.05) is 29.8 Å². The van der Waals surface area contributed by atoms with Crippen LogP contribution in [0.4, 0.5) is 4.79 Å². The average Bonchev–Trinajstić information content (AvgIpc) is 2.98. The Kier molecular flexibility index (Phi) is 6.04. The highest BCUT2D eigenvalue weighted by Crippen LogP contribution is 2.19. The molecule has 0 bridgehead atoms. The number of hydrogen-bond acceptors (Lipinski definition) is 3. The minimum absolute atomic E-state index is 0.235. The fourth-order valence-corrected chi connectivity index (χ4v) is 2.69. The van der Waals surface area contributed by atoms with Crippen LogP contribution >= 0.6 is 22.9 Å². The van der Waals surface area contributed by atoms with Crippen LogP contribution in [0, 0.1) is 0 Å². The zero-order valence-electron chi connectivity index (χ0n) is 11.4. The van der Waals surface area contributed by atoms with E-state index < -0.39 is 6.10 Å². The highest BCUT2D eigenvalue weighted by atomic mass is 35.5. The van der Waals surface area contributed by atoms with E-state index in [1.807, 2.05) is 23.6 Å². The molecule has 1 heterocycles. The Morgan fingerprint density at radius 1 is 1.29 bits per heavy atom. The maximum Gasteiger partial charge on any atom is 0.315 e. The van der Waals surface area contributed by atoms with Gasteiger partial charge in [-0.3, -0.25) is 0 Å². The van der Waals surface area contributed by atoms with Crippen LogP contribution in [0.5, 0.6) is 0 Å². The highest BCUT2D eigenvalue weighted by molar-refractivity contribution is 7.09. The van der Waals surface area contributed by atoms with Crippen LogP contribution in [0.1, 0.15) is 23.0 Å². The van der Waals surface area contributed by atoms with E-state index >= 15 is 0 Å². The molecule has 0 aliphatic rings. The summed E-state index contributed by atoms with van der Waals surface area (Å²) in [6, 6.07) is 10.8. The van der Waals surface area contributed by atoms with E-state index in [1.54, 1.807) is 29.5 Å². The summed E-state index contributed by atoms with van der Waals surface area (Å²) in [5.74, 6) is 0. The van der Waals surface area contributed by atoms with Crippen LogP contribution in [0.25, 0.3) is 0 Å². The number of rotatable bonds is 6. The number of thiophene rings is 1. The van der Waals surface area contributed by atoms with Gasteiger partial charge in [0.05, 0.1) is 12.6 Å². The molecule has 1 unspecified atom stereocenters. The lowest BCUT2D eigenvalue weighted by Crippen LogP contribution is -2.35. The molecule has 1 atom stereocenters. The molecule has 0 saturated heterocycles. The predicted octanol–water partition coefficient (Wildman–Crippen LogP) is 3.32. The summed E-state index contributed by atoms with van der Waals surface area (Å²) in [5.41, 5.74) is 0.753. The van der Waals surface area contributed by atoms with Crippen LogP contribution in [-0.4, -0.2) is 17.7 Å². The summed E-state index contributed by atoms with van der Waals surface area (Å²) < 4.78 is 0. The van der Waals surface area contributed by atoms with Crippen molar-refractivity contribution in [3.63, 3.8) is 0 Å². The van der Waals surface area contributed by atoms with Gasteiger partial charge in [-0.2, -0.15) is 0 Å². The van der Waals surface area contributed by atoms with Crippen LogP contribution in [0.3, 0.4) is 0 Å². The zero-order chi connectivity index (χ0) is 15.1. The van der Waals surface area contributed by atoms with Crippen molar-refractivity contribution in [1.82, 2.24) is 10.6 Å². The van der Waals surface area contributed by atoms with Gasteiger partial charge in [0.25, 0.3) is 0 Å². The Hall–Kier alpha value is -1.56. The number of hydrogen-bond donors (Lipinski definition) is 3. The standard InChI is InChI=1S/C15H17ClN2O2S/c16-12-4-1-3-11(9-12)14(19)6-7-17-15(20)18-10-13-5-2-8-21-13/h1-5,8-9,14,19H,6-7,10H2,(H2,17,18,20). The highest BCUT2D eigenvalue weighted by Gasteiger charge is 2.08. The van der Waals surface area contributed by atoms with Crippen molar-refractivity contribution in [2.75, 3.05) is 6.54 Å². The molecule has 0 saturated carbocycles. The van der Waals surface area contributed by atoms with Gasteiger partial charge in [0.1, 0.15) is 0 Å². The molecule has 0 aliphatic carbocycles. The molecule has 21 heavy (non-hydrogen) atoms. The Balaban J connectivity index is 1.67. The van der Waals surface area contributed by atoms with Gasteiger partial charge in [-0.15, -0.1) is 11.3 Å². The first-order valence-electron chi connectivity index (χ1n) is 6.63. The second-order valence-corrected chi connectivity index (χ2v) is 6.02. The lowest BCUT2D eigenvalue weighted by atomic mass is 10.1. The molecule has 2 aromatic rings. The first-order chi connectivity index (χ1) is 10.1. The number of carbonyl (C=O) groups excluding carboxylic acids is 1. The maximum absolute atomic E-state index is 11.6. The fraction of sp³-hybridized carbons (Fsp3) is 0.267. The van der Waals surface area contributed by atoms with Gasteiger partial charge in [-0.25, -0.2) is 4.79 Å². The minimum Gasteiger partial charge on any atom is -0.388 e. The monoisotopic (exact) mass is 324 g/mol. The zero-order valence-corrected chi connectivity index (χ0v) is 13.0. The lowest BCUT2D eigenvalue weighted by molar-refractivity contribution is 0.167. The van der Waals surface area contributed by atoms with Crippen molar-refractivity contribution in [3.05, 3.63) is 57.2 Å². The molecule has 0 spiro atoms. The van der Waals surface area contributed by atoms with Gasteiger partial charge >= 0.3 is 6.03 Å². The number of amides is 2. The van der Waals surface area contributed by atoms with E-state index in [-0.39, 0.29) is 6.03 Å². The quantitative estimate of drug-likeness (QED) is 0.763. The molecule has 1 aromatic carbocycles. The molecule has 4 nitrogen and oxygen atoms in total. The van der Waals surface area contributed by atoms with E-state index in [4.69, 9.17) is 11.6 Å².